The lowest BCUT2D eigenvalue weighted by atomic mass is 9.74. The standard InChI is InChI=1S/C44H38N4O/c1-28-21-32(42-46-40(30-13-6-5-7-14-30)41-36-16-9-8-15-31(36)27-47(41)42)25-34(23-28)49-35-24-29(2)22-33(26-35)48-39-19-11-10-17-37(39)44(3,4)38-18-12-20-45-43(38)48/h5-26,40-41H,27H2,1-4H3/t40-,41+/m1/s1. The first-order valence-electron chi connectivity index (χ1n) is 17.1. The van der Waals surface area contributed by atoms with Gasteiger partial charge in [-0.15, -0.1) is 0 Å². The first-order valence-corrected chi connectivity index (χ1v) is 17.1. The van der Waals surface area contributed by atoms with Gasteiger partial charge >= 0.3 is 0 Å². The average molecular weight is 639 g/mol. The van der Waals surface area contributed by atoms with Crippen LogP contribution in [0.2, 0.25) is 0 Å². The molecule has 0 saturated heterocycles. The largest absolute Gasteiger partial charge is 0.457 e. The number of nitrogens with zero attached hydrogens (tertiary/aromatic N) is 4. The van der Waals surface area contributed by atoms with Crippen LogP contribution in [0.1, 0.15) is 70.4 Å². The van der Waals surface area contributed by atoms with E-state index in [1.54, 1.807) is 0 Å². The molecular formula is C44H38N4O. The smallest absolute Gasteiger partial charge is 0.141 e. The number of hydrogen-bond acceptors (Lipinski definition) is 5. The molecule has 0 unspecified atom stereocenters. The van der Waals surface area contributed by atoms with E-state index in [-0.39, 0.29) is 17.5 Å². The second kappa shape index (κ2) is 11.2. The summed E-state index contributed by atoms with van der Waals surface area (Å²) in [6, 6.07) is 45.5. The van der Waals surface area contributed by atoms with Gasteiger partial charge in [-0.2, -0.15) is 0 Å². The van der Waals surface area contributed by atoms with E-state index in [4.69, 9.17) is 14.7 Å². The number of amidine groups is 1. The number of aryl methyl sites for hydroxylation is 2. The number of ether oxygens (including phenoxy) is 1. The number of benzene rings is 5. The first kappa shape index (κ1) is 29.5. The Bertz CT molecular complexity index is 2220. The summed E-state index contributed by atoms with van der Waals surface area (Å²) in [5, 5.41) is 0. The highest BCUT2D eigenvalue weighted by atomic mass is 16.5. The molecule has 0 amide bonds. The molecule has 5 nitrogen and oxygen atoms in total. The molecule has 1 aromatic heterocycles. The molecule has 0 fully saturated rings. The maximum absolute atomic E-state index is 6.75. The molecule has 4 heterocycles. The Hall–Kier alpha value is -5.68. The van der Waals surface area contributed by atoms with Gasteiger partial charge in [-0.25, -0.2) is 4.98 Å². The van der Waals surface area contributed by atoms with Gasteiger partial charge in [0.05, 0.1) is 17.4 Å². The van der Waals surface area contributed by atoms with Gasteiger partial charge in [-0.05, 0) is 89.7 Å². The molecule has 6 aromatic rings. The number of pyridine rings is 1. The Labute approximate surface area is 288 Å². The average Bonchev–Trinajstić information content (AvgIpc) is 3.66. The summed E-state index contributed by atoms with van der Waals surface area (Å²) in [7, 11) is 0. The van der Waals surface area contributed by atoms with E-state index in [1.807, 2.05) is 12.3 Å². The molecule has 240 valence electrons. The first-order chi connectivity index (χ1) is 23.8. The van der Waals surface area contributed by atoms with Gasteiger partial charge in [0.2, 0.25) is 0 Å². The summed E-state index contributed by atoms with van der Waals surface area (Å²) in [6.45, 7) is 9.66. The van der Waals surface area contributed by atoms with E-state index in [9.17, 15) is 0 Å². The van der Waals surface area contributed by atoms with Crippen LogP contribution in [0.15, 0.2) is 139 Å². The maximum atomic E-state index is 6.75. The van der Waals surface area contributed by atoms with Crippen molar-refractivity contribution in [1.29, 1.82) is 0 Å². The predicted octanol–water partition coefficient (Wildman–Crippen LogP) is 10.7. The van der Waals surface area contributed by atoms with Crippen LogP contribution in [-0.2, 0) is 12.0 Å². The van der Waals surface area contributed by atoms with Crippen LogP contribution in [0.5, 0.6) is 11.5 Å². The number of rotatable bonds is 5. The summed E-state index contributed by atoms with van der Waals surface area (Å²) in [5.41, 5.74) is 11.8. The van der Waals surface area contributed by atoms with E-state index in [1.165, 1.54) is 27.8 Å². The van der Waals surface area contributed by atoms with Crippen molar-refractivity contribution in [3.8, 4) is 11.5 Å². The van der Waals surface area contributed by atoms with Crippen molar-refractivity contribution in [3.05, 3.63) is 178 Å². The molecule has 3 aliphatic rings. The predicted molar refractivity (Wildman–Crippen MR) is 197 cm³/mol. The summed E-state index contributed by atoms with van der Waals surface area (Å²) in [5.74, 6) is 3.55. The molecule has 5 heteroatoms. The Morgan fingerprint density at radius 1 is 0.714 bits per heavy atom. The zero-order valence-corrected chi connectivity index (χ0v) is 28.3. The molecule has 2 atom stereocenters. The highest BCUT2D eigenvalue weighted by molar-refractivity contribution is 6.01. The lowest BCUT2D eigenvalue weighted by Crippen LogP contribution is -2.31. The van der Waals surface area contributed by atoms with Gasteiger partial charge in [0, 0.05) is 35.3 Å². The van der Waals surface area contributed by atoms with Crippen LogP contribution < -0.4 is 9.64 Å². The van der Waals surface area contributed by atoms with Crippen molar-refractivity contribution in [2.75, 3.05) is 4.90 Å². The Morgan fingerprint density at radius 2 is 1.43 bits per heavy atom. The summed E-state index contributed by atoms with van der Waals surface area (Å²) < 4.78 is 6.75. The number of hydrogen-bond donors (Lipinski definition) is 0. The molecular weight excluding hydrogens is 601 g/mol. The molecule has 9 rings (SSSR count). The number of fused-ring (bicyclic) bond motifs is 5. The molecule has 0 N–H and O–H groups in total. The Morgan fingerprint density at radius 3 is 2.29 bits per heavy atom. The zero-order valence-electron chi connectivity index (χ0n) is 28.3. The molecule has 0 spiro atoms. The third kappa shape index (κ3) is 4.83. The Kier molecular flexibility index (Phi) is 6.73. The quantitative estimate of drug-likeness (QED) is 0.188. The SMILES string of the molecule is Cc1cc(Oc2cc(C)cc(N3c4ccccc4C(C)(C)c4cccnc43)c2)cc(C2=N[C@H](c3ccccc3)[C@@H]3c4ccccc4CN23)c1. The van der Waals surface area contributed by atoms with Crippen LogP contribution >= 0.6 is 0 Å². The molecule has 0 bridgehead atoms. The molecule has 3 aliphatic heterocycles. The maximum Gasteiger partial charge on any atom is 0.141 e. The minimum absolute atomic E-state index is 0.0259. The molecule has 0 saturated carbocycles. The number of anilines is 3. The van der Waals surface area contributed by atoms with Gasteiger partial charge in [0.1, 0.15) is 29.2 Å². The third-order valence-electron chi connectivity index (χ3n) is 10.4. The highest BCUT2D eigenvalue weighted by Crippen LogP contribution is 2.52. The van der Waals surface area contributed by atoms with Crippen LogP contribution in [-0.4, -0.2) is 15.7 Å². The van der Waals surface area contributed by atoms with Gasteiger partial charge < -0.3 is 9.64 Å². The number of aromatic nitrogens is 1. The van der Waals surface area contributed by atoms with Crippen LogP contribution in [0.3, 0.4) is 0 Å². The van der Waals surface area contributed by atoms with Crippen molar-refractivity contribution in [2.45, 2.75) is 51.7 Å². The second-order valence-electron chi connectivity index (χ2n) is 14.1. The lowest BCUT2D eigenvalue weighted by molar-refractivity contribution is 0.341. The molecule has 0 aliphatic carbocycles. The van der Waals surface area contributed by atoms with E-state index in [0.29, 0.717) is 0 Å². The van der Waals surface area contributed by atoms with E-state index >= 15 is 0 Å². The number of para-hydroxylation sites is 1. The van der Waals surface area contributed by atoms with Gasteiger partial charge in [0.15, 0.2) is 0 Å². The summed E-state index contributed by atoms with van der Waals surface area (Å²) in [6.07, 6.45) is 1.88. The van der Waals surface area contributed by atoms with Crippen LogP contribution in [0, 0.1) is 13.8 Å². The van der Waals surface area contributed by atoms with Crippen molar-refractivity contribution < 1.29 is 4.74 Å². The minimum Gasteiger partial charge on any atom is -0.457 e. The fraction of sp³-hybridized carbons (Fsp3) is 0.182. The lowest BCUT2D eigenvalue weighted by Gasteiger charge is -2.41. The van der Waals surface area contributed by atoms with Gasteiger partial charge in [0.25, 0.3) is 0 Å². The Balaban J connectivity index is 1.09. The van der Waals surface area contributed by atoms with Gasteiger partial charge in [-0.3, -0.25) is 9.89 Å². The third-order valence-corrected chi connectivity index (χ3v) is 10.4. The highest BCUT2D eigenvalue weighted by Gasteiger charge is 2.44. The fourth-order valence-electron chi connectivity index (χ4n) is 8.16. The molecule has 0 radical (unpaired) electrons. The minimum atomic E-state index is -0.171. The topological polar surface area (TPSA) is 41.0 Å². The zero-order chi connectivity index (χ0) is 33.3. The van der Waals surface area contributed by atoms with Crippen molar-refractivity contribution in [1.82, 2.24) is 9.88 Å². The van der Waals surface area contributed by atoms with Gasteiger partial charge in [-0.1, -0.05) is 92.7 Å². The van der Waals surface area contributed by atoms with Crippen LogP contribution in [0.25, 0.3) is 0 Å². The molecule has 49 heavy (non-hydrogen) atoms. The van der Waals surface area contributed by atoms with Crippen LogP contribution in [0.4, 0.5) is 17.2 Å². The summed E-state index contributed by atoms with van der Waals surface area (Å²) in [4.78, 5) is 15.1. The van der Waals surface area contributed by atoms with Crippen molar-refractivity contribution in [2.24, 2.45) is 4.99 Å². The molecule has 5 aromatic carbocycles. The van der Waals surface area contributed by atoms with Crippen molar-refractivity contribution >= 4 is 23.0 Å². The normalized spacial score (nSPS) is 18.3. The van der Waals surface area contributed by atoms with Crippen molar-refractivity contribution in [3.63, 3.8) is 0 Å². The number of aliphatic imine (C=N–C) groups is 1. The van der Waals surface area contributed by atoms with E-state index in [0.717, 1.165) is 57.8 Å². The monoisotopic (exact) mass is 638 g/mol. The fourth-order valence-corrected chi connectivity index (χ4v) is 8.16. The van der Waals surface area contributed by atoms with E-state index < -0.39 is 0 Å². The van der Waals surface area contributed by atoms with E-state index in [2.05, 4.69) is 159 Å². The summed E-state index contributed by atoms with van der Waals surface area (Å²) >= 11 is 0. The second-order valence-corrected chi connectivity index (χ2v) is 14.1.